The molecular weight excluding hydrogens is 243 g/mol. The standard InChI is InChI=1S/C15H15FN2O/c1-9-3-4-11(8-13(9)16)15(19)18-12-5-6-14(17)10(2)7-12/h3-8H,17H2,1-2H3,(H,18,19). The van der Waals surface area contributed by atoms with Crippen LogP contribution in [0.3, 0.4) is 0 Å². The number of carbonyl (C=O) groups excluding carboxylic acids is 1. The van der Waals surface area contributed by atoms with Crippen molar-refractivity contribution in [1.29, 1.82) is 0 Å². The summed E-state index contributed by atoms with van der Waals surface area (Å²) < 4.78 is 13.4. The van der Waals surface area contributed by atoms with Crippen LogP contribution in [0.5, 0.6) is 0 Å². The van der Waals surface area contributed by atoms with E-state index in [1.54, 1.807) is 37.3 Å². The van der Waals surface area contributed by atoms with E-state index in [1.807, 2.05) is 6.92 Å². The number of aryl methyl sites for hydroxylation is 2. The number of rotatable bonds is 2. The van der Waals surface area contributed by atoms with E-state index >= 15 is 0 Å². The Morgan fingerprint density at radius 3 is 2.47 bits per heavy atom. The largest absolute Gasteiger partial charge is 0.399 e. The molecule has 2 rings (SSSR count). The molecule has 3 N–H and O–H groups in total. The SMILES string of the molecule is Cc1cc(NC(=O)c2ccc(C)c(F)c2)ccc1N. The van der Waals surface area contributed by atoms with Crippen LogP contribution < -0.4 is 11.1 Å². The van der Waals surface area contributed by atoms with Gasteiger partial charge in [-0.05, 0) is 55.3 Å². The molecule has 0 saturated heterocycles. The summed E-state index contributed by atoms with van der Waals surface area (Å²) in [5, 5.41) is 2.71. The predicted octanol–water partition coefficient (Wildman–Crippen LogP) is 3.28. The van der Waals surface area contributed by atoms with Gasteiger partial charge in [0.15, 0.2) is 0 Å². The lowest BCUT2D eigenvalue weighted by Gasteiger charge is -2.08. The first-order valence-electron chi connectivity index (χ1n) is 5.91. The Morgan fingerprint density at radius 2 is 1.84 bits per heavy atom. The molecule has 2 aromatic carbocycles. The number of halogens is 1. The molecule has 4 heteroatoms. The van der Waals surface area contributed by atoms with Crippen molar-refractivity contribution in [3.05, 3.63) is 58.9 Å². The zero-order valence-electron chi connectivity index (χ0n) is 10.8. The predicted molar refractivity (Wildman–Crippen MR) is 74.7 cm³/mol. The van der Waals surface area contributed by atoms with Crippen LogP contribution in [-0.2, 0) is 0 Å². The quantitative estimate of drug-likeness (QED) is 0.812. The molecule has 0 aliphatic heterocycles. The fraction of sp³-hybridized carbons (Fsp3) is 0.133. The Kier molecular flexibility index (Phi) is 3.51. The third-order valence-corrected chi connectivity index (χ3v) is 2.96. The van der Waals surface area contributed by atoms with Crippen molar-refractivity contribution in [3.63, 3.8) is 0 Å². The molecule has 0 fully saturated rings. The van der Waals surface area contributed by atoms with Crippen LogP contribution in [0.25, 0.3) is 0 Å². The summed E-state index contributed by atoms with van der Waals surface area (Å²) in [6.45, 7) is 3.51. The molecule has 1 amide bonds. The monoisotopic (exact) mass is 258 g/mol. The average Bonchev–Trinajstić information content (AvgIpc) is 2.37. The molecule has 19 heavy (non-hydrogen) atoms. The molecule has 0 bridgehead atoms. The summed E-state index contributed by atoms with van der Waals surface area (Å²) in [4.78, 5) is 12.0. The fourth-order valence-electron chi connectivity index (χ4n) is 1.69. The Labute approximate surface area is 111 Å². The highest BCUT2D eigenvalue weighted by atomic mass is 19.1. The van der Waals surface area contributed by atoms with Crippen LogP contribution in [0.1, 0.15) is 21.5 Å². The van der Waals surface area contributed by atoms with E-state index in [0.717, 1.165) is 5.56 Å². The van der Waals surface area contributed by atoms with Crippen molar-refractivity contribution < 1.29 is 9.18 Å². The van der Waals surface area contributed by atoms with Crippen molar-refractivity contribution in [2.75, 3.05) is 11.1 Å². The van der Waals surface area contributed by atoms with E-state index in [0.29, 0.717) is 16.9 Å². The number of nitrogens with two attached hydrogens (primary N) is 1. The zero-order chi connectivity index (χ0) is 14.0. The van der Waals surface area contributed by atoms with Crippen molar-refractivity contribution in [2.45, 2.75) is 13.8 Å². The zero-order valence-corrected chi connectivity index (χ0v) is 10.8. The Hall–Kier alpha value is -2.36. The maximum atomic E-state index is 13.4. The molecule has 0 aromatic heterocycles. The van der Waals surface area contributed by atoms with Gasteiger partial charge in [-0.25, -0.2) is 4.39 Å². The number of nitrogens with one attached hydrogen (secondary N) is 1. The number of amides is 1. The smallest absolute Gasteiger partial charge is 0.255 e. The van der Waals surface area contributed by atoms with Crippen molar-refractivity contribution in [1.82, 2.24) is 0 Å². The Morgan fingerprint density at radius 1 is 1.11 bits per heavy atom. The van der Waals surface area contributed by atoms with E-state index in [1.165, 1.54) is 6.07 Å². The Bertz CT molecular complexity index is 638. The van der Waals surface area contributed by atoms with Crippen LogP contribution >= 0.6 is 0 Å². The minimum Gasteiger partial charge on any atom is -0.399 e. The molecule has 0 aliphatic carbocycles. The van der Waals surface area contributed by atoms with Gasteiger partial charge < -0.3 is 11.1 Å². The van der Waals surface area contributed by atoms with Crippen LogP contribution in [-0.4, -0.2) is 5.91 Å². The van der Waals surface area contributed by atoms with Gasteiger partial charge in [-0.15, -0.1) is 0 Å². The summed E-state index contributed by atoms with van der Waals surface area (Å²) in [6.07, 6.45) is 0. The van der Waals surface area contributed by atoms with Crippen molar-refractivity contribution in [2.24, 2.45) is 0 Å². The molecule has 0 radical (unpaired) electrons. The number of hydrogen-bond donors (Lipinski definition) is 2. The summed E-state index contributed by atoms with van der Waals surface area (Å²) in [5.41, 5.74) is 8.69. The summed E-state index contributed by atoms with van der Waals surface area (Å²) in [5.74, 6) is -0.732. The molecule has 3 nitrogen and oxygen atoms in total. The van der Waals surface area contributed by atoms with Crippen molar-refractivity contribution >= 4 is 17.3 Å². The van der Waals surface area contributed by atoms with E-state index in [4.69, 9.17) is 5.73 Å². The fourth-order valence-corrected chi connectivity index (χ4v) is 1.69. The number of nitrogen functional groups attached to an aromatic ring is 1. The number of anilines is 2. The van der Waals surface area contributed by atoms with Crippen LogP contribution in [0, 0.1) is 19.7 Å². The molecule has 0 atom stereocenters. The first kappa shape index (κ1) is 13.1. The highest BCUT2D eigenvalue weighted by Gasteiger charge is 2.08. The summed E-state index contributed by atoms with van der Waals surface area (Å²) >= 11 is 0. The second-order valence-corrected chi connectivity index (χ2v) is 4.49. The third-order valence-electron chi connectivity index (χ3n) is 2.96. The van der Waals surface area contributed by atoms with Gasteiger partial charge in [0, 0.05) is 16.9 Å². The van der Waals surface area contributed by atoms with Crippen LogP contribution in [0.15, 0.2) is 36.4 Å². The molecule has 0 unspecified atom stereocenters. The molecule has 0 spiro atoms. The maximum absolute atomic E-state index is 13.4. The first-order chi connectivity index (χ1) is 8.97. The van der Waals surface area contributed by atoms with Crippen LogP contribution in [0.4, 0.5) is 15.8 Å². The number of hydrogen-bond acceptors (Lipinski definition) is 2. The molecule has 0 aliphatic rings. The van der Waals surface area contributed by atoms with Gasteiger partial charge in [0.05, 0.1) is 0 Å². The van der Waals surface area contributed by atoms with Gasteiger partial charge in [-0.3, -0.25) is 4.79 Å². The minimum absolute atomic E-state index is 0.289. The Balaban J connectivity index is 2.20. The van der Waals surface area contributed by atoms with Gasteiger partial charge >= 0.3 is 0 Å². The highest BCUT2D eigenvalue weighted by molar-refractivity contribution is 6.04. The van der Waals surface area contributed by atoms with Crippen LogP contribution in [0.2, 0.25) is 0 Å². The second-order valence-electron chi connectivity index (χ2n) is 4.49. The molecule has 2 aromatic rings. The van der Waals surface area contributed by atoms with E-state index in [-0.39, 0.29) is 17.3 Å². The third kappa shape index (κ3) is 2.91. The molecule has 0 saturated carbocycles. The van der Waals surface area contributed by atoms with Gasteiger partial charge in [-0.1, -0.05) is 6.07 Å². The van der Waals surface area contributed by atoms with Gasteiger partial charge in [0.1, 0.15) is 5.82 Å². The van der Waals surface area contributed by atoms with Crippen molar-refractivity contribution in [3.8, 4) is 0 Å². The lowest BCUT2D eigenvalue weighted by Crippen LogP contribution is -2.12. The molecule has 98 valence electrons. The summed E-state index contributed by atoms with van der Waals surface area (Å²) in [6, 6.07) is 9.62. The van der Waals surface area contributed by atoms with E-state index in [2.05, 4.69) is 5.32 Å². The second kappa shape index (κ2) is 5.10. The number of benzene rings is 2. The lowest BCUT2D eigenvalue weighted by molar-refractivity contribution is 0.102. The molecular formula is C15H15FN2O. The first-order valence-corrected chi connectivity index (χ1v) is 5.91. The highest BCUT2D eigenvalue weighted by Crippen LogP contribution is 2.18. The van der Waals surface area contributed by atoms with Gasteiger partial charge in [0.25, 0.3) is 5.91 Å². The molecule has 0 heterocycles. The maximum Gasteiger partial charge on any atom is 0.255 e. The van der Waals surface area contributed by atoms with Gasteiger partial charge in [-0.2, -0.15) is 0 Å². The topological polar surface area (TPSA) is 55.1 Å². The normalized spacial score (nSPS) is 10.3. The van der Waals surface area contributed by atoms with E-state index in [9.17, 15) is 9.18 Å². The van der Waals surface area contributed by atoms with Gasteiger partial charge in [0.2, 0.25) is 0 Å². The number of carbonyl (C=O) groups is 1. The van der Waals surface area contributed by atoms with E-state index < -0.39 is 0 Å². The average molecular weight is 258 g/mol. The lowest BCUT2D eigenvalue weighted by atomic mass is 10.1. The summed E-state index contributed by atoms with van der Waals surface area (Å²) in [7, 11) is 0. The minimum atomic E-state index is -0.388.